The number of furan rings is 1. The van der Waals surface area contributed by atoms with Crippen molar-refractivity contribution in [1.82, 2.24) is 10.0 Å². The van der Waals surface area contributed by atoms with Crippen molar-refractivity contribution in [3.8, 4) is 0 Å². The molecule has 0 atom stereocenters. The van der Waals surface area contributed by atoms with E-state index in [-0.39, 0.29) is 10.7 Å². The van der Waals surface area contributed by atoms with Gasteiger partial charge in [0.1, 0.15) is 16.4 Å². The van der Waals surface area contributed by atoms with Crippen LogP contribution in [0, 0.1) is 6.92 Å². The maximum atomic E-state index is 11.9. The van der Waals surface area contributed by atoms with E-state index in [9.17, 15) is 17.2 Å². The zero-order valence-electron chi connectivity index (χ0n) is 9.46. The predicted molar refractivity (Wildman–Crippen MR) is 57.4 cm³/mol. The van der Waals surface area contributed by atoms with Gasteiger partial charge in [-0.3, -0.25) is 0 Å². The third-order valence-corrected chi connectivity index (χ3v) is 3.52. The summed E-state index contributed by atoms with van der Waals surface area (Å²) in [4.78, 5) is -0.108. The number of rotatable bonds is 6. The zero-order chi connectivity index (χ0) is 13.1. The number of nitrogens with one attached hydrogen (secondary N) is 2. The molecule has 0 unspecified atom stereocenters. The topological polar surface area (TPSA) is 71.3 Å². The molecule has 0 radical (unpaired) electrons. The molecule has 0 bridgehead atoms. The summed E-state index contributed by atoms with van der Waals surface area (Å²) in [6, 6.07) is 1.32. The van der Waals surface area contributed by atoms with Gasteiger partial charge in [0, 0.05) is 6.07 Å². The molecule has 1 heterocycles. The van der Waals surface area contributed by atoms with Crippen molar-refractivity contribution in [2.24, 2.45) is 0 Å². The van der Waals surface area contributed by atoms with Crippen molar-refractivity contribution in [1.29, 1.82) is 0 Å². The van der Waals surface area contributed by atoms with Gasteiger partial charge in [0.25, 0.3) is 6.43 Å². The van der Waals surface area contributed by atoms with Crippen LogP contribution in [-0.4, -0.2) is 28.4 Å². The summed E-state index contributed by atoms with van der Waals surface area (Å²) in [6.07, 6.45) is -2.73. The number of sulfonamides is 1. The minimum absolute atomic E-state index is 0.108. The predicted octanol–water partition coefficient (Wildman–Crippen LogP) is 0.851. The number of hydrogen-bond acceptors (Lipinski definition) is 4. The van der Waals surface area contributed by atoms with Crippen LogP contribution in [0.5, 0.6) is 0 Å². The lowest BCUT2D eigenvalue weighted by atomic mass is 10.4. The van der Waals surface area contributed by atoms with E-state index in [4.69, 9.17) is 4.42 Å². The van der Waals surface area contributed by atoms with E-state index >= 15 is 0 Å². The molecule has 0 saturated carbocycles. The monoisotopic (exact) mass is 268 g/mol. The highest BCUT2D eigenvalue weighted by Gasteiger charge is 2.22. The van der Waals surface area contributed by atoms with Gasteiger partial charge in [-0.15, -0.1) is 0 Å². The van der Waals surface area contributed by atoms with Crippen molar-refractivity contribution >= 4 is 10.0 Å². The summed E-state index contributed by atoms with van der Waals surface area (Å²) < 4.78 is 54.2. The van der Waals surface area contributed by atoms with Gasteiger partial charge in [-0.25, -0.2) is 21.9 Å². The summed E-state index contributed by atoms with van der Waals surface area (Å²) >= 11 is 0. The van der Waals surface area contributed by atoms with E-state index in [1.165, 1.54) is 13.0 Å². The first-order chi connectivity index (χ1) is 7.86. The number of hydrogen-bond donors (Lipinski definition) is 2. The maximum Gasteiger partial charge on any atom is 0.251 e. The van der Waals surface area contributed by atoms with Crippen LogP contribution in [-0.2, 0) is 16.6 Å². The van der Waals surface area contributed by atoms with E-state index in [0.717, 1.165) is 0 Å². The number of aryl methyl sites for hydroxylation is 1. The van der Waals surface area contributed by atoms with Crippen molar-refractivity contribution in [3.05, 3.63) is 17.6 Å². The summed E-state index contributed by atoms with van der Waals surface area (Å²) in [7, 11) is -2.25. The SMILES string of the molecule is CNCc1cc(S(=O)(=O)NCC(F)F)c(C)o1. The Morgan fingerprint density at radius 3 is 2.65 bits per heavy atom. The molecule has 0 aromatic carbocycles. The van der Waals surface area contributed by atoms with Crippen LogP contribution >= 0.6 is 0 Å². The molecule has 0 aliphatic rings. The molecule has 0 saturated heterocycles. The van der Waals surface area contributed by atoms with Crippen molar-refractivity contribution in [3.63, 3.8) is 0 Å². The lowest BCUT2D eigenvalue weighted by molar-refractivity contribution is 0.153. The molecule has 17 heavy (non-hydrogen) atoms. The minimum Gasteiger partial charge on any atom is -0.464 e. The van der Waals surface area contributed by atoms with E-state index < -0.39 is 23.0 Å². The molecule has 1 aromatic heterocycles. The second-order valence-corrected chi connectivity index (χ2v) is 5.14. The Labute approximate surface area is 98.2 Å². The Hall–Kier alpha value is -0.990. The summed E-state index contributed by atoms with van der Waals surface area (Å²) in [6.45, 7) is 0.926. The van der Waals surface area contributed by atoms with Gasteiger partial charge in [0.15, 0.2) is 0 Å². The van der Waals surface area contributed by atoms with Gasteiger partial charge >= 0.3 is 0 Å². The van der Waals surface area contributed by atoms with Gasteiger partial charge in [-0.05, 0) is 14.0 Å². The summed E-state index contributed by atoms with van der Waals surface area (Å²) in [5.74, 6) is 0.611. The number of alkyl halides is 2. The number of halogens is 2. The molecule has 0 spiro atoms. The molecule has 0 fully saturated rings. The Balaban J connectivity index is 2.90. The fraction of sp³-hybridized carbons (Fsp3) is 0.556. The summed E-state index contributed by atoms with van der Waals surface area (Å²) in [5.41, 5.74) is 0. The largest absolute Gasteiger partial charge is 0.464 e. The summed E-state index contributed by atoms with van der Waals surface area (Å²) in [5, 5.41) is 2.80. The van der Waals surface area contributed by atoms with Gasteiger partial charge in [-0.2, -0.15) is 0 Å². The second kappa shape index (κ2) is 5.56. The van der Waals surface area contributed by atoms with Gasteiger partial charge in [0.2, 0.25) is 10.0 Å². The molecular formula is C9H14F2N2O3S. The lowest BCUT2D eigenvalue weighted by Gasteiger charge is -2.03. The first kappa shape index (κ1) is 14.1. The van der Waals surface area contributed by atoms with E-state index in [2.05, 4.69) is 5.32 Å². The molecule has 0 amide bonds. The highest BCUT2D eigenvalue weighted by molar-refractivity contribution is 7.89. The Kier molecular flexibility index (Phi) is 4.61. The Bertz CT molecular complexity index is 471. The van der Waals surface area contributed by atoms with Crippen LogP contribution < -0.4 is 10.0 Å². The first-order valence-electron chi connectivity index (χ1n) is 4.88. The molecule has 5 nitrogen and oxygen atoms in total. The normalized spacial score (nSPS) is 12.3. The standard InChI is InChI=1S/C9H14F2N2O3S/c1-6-8(3-7(16-6)4-12-2)17(14,15)13-5-9(10)11/h3,9,12-13H,4-5H2,1-2H3. The van der Waals surface area contributed by atoms with Gasteiger partial charge in [-0.1, -0.05) is 0 Å². The molecule has 1 rings (SSSR count). The highest BCUT2D eigenvalue weighted by Crippen LogP contribution is 2.19. The van der Waals surface area contributed by atoms with Crippen molar-refractivity contribution < 1.29 is 21.6 Å². The molecule has 98 valence electrons. The Morgan fingerprint density at radius 1 is 1.47 bits per heavy atom. The zero-order valence-corrected chi connectivity index (χ0v) is 10.3. The molecule has 1 aromatic rings. The average Bonchev–Trinajstić information content (AvgIpc) is 2.58. The minimum atomic E-state index is -3.94. The molecule has 0 aliphatic heterocycles. The van der Waals surface area contributed by atoms with Crippen LogP contribution in [0.1, 0.15) is 11.5 Å². The van der Waals surface area contributed by atoms with Crippen LogP contribution in [0.2, 0.25) is 0 Å². The molecule has 0 aliphatic carbocycles. The van der Waals surface area contributed by atoms with E-state index in [0.29, 0.717) is 12.3 Å². The molecule has 8 heteroatoms. The average molecular weight is 268 g/mol. The van der Waals surface area contributed by atoms with Gasteiger partial charge in [0.05, 0.1) is 13.1 Å². The van der Waals surface area contributed by atoms with E-state index in [1.807, 2.05) is 4.72 Å². The quantitative estimate of drug-likeness (QED) is 0.802. The van der Waals surface area contributed by atoms with Crippen LogP contribution in [0.15, 0.2) is 15.4 Å². The smallest absolute Gasteiger partial charge is 0.251 e. The third-order valence-electron chi connectivity index (χ3n) is 1.99. The van der Waals surface area contributed by atoms with Crippen molar-refractivity contribution in [2.75, 3.05) is 13.6 Å². The third kappa shape index (κ3) is 3.76. The van der Waals surface area contributed by atoms with Gasteiger partial charge < -0.3 is 9.73 Å². The van der Waals surface area contributed by atoms with Crippen LogP contribution in [0.4, 0.5) is 8.78 Å². The molecule has 2 N–H and O–H groups in total. The van der Waals surface area contributed by atoms with Crippen LogP contribution in [0.25, 0.3) is 0 Å². The first-order valence-corrected chi connectivity index (χ1v) is 6.37. The van der Waals surface area contributed by atoms with Crippen molar-refractivity contribution in [2.45, 2.75) is 24.8 Å². The van der Waals surface area contributed by atoms with Crippen LogP contribution in [0.3, 0.4) is 0 Å². The van der Waals surface area contributed by atoms with E-state index in [1.54, 1.807) is 7.05 Å². The molecular weight excluding hydrogens is 254 g/mol. The second-order valence-electron chi connectivity index (χ2n) is 3.41. The fourth-order valence-corrected chi connectivity index (χ4v) is 2.51. The highest BCUT2D eigenvalue weighted by atomic mass is 32.2. The maximum absolute atomic E-state index is 11.9. The fourth-order valence-electron chi connectivity index (χ4n) is 1.30. The Morgan fingerprint density at radius 2 is 2.12 bits per heavy atom. The lowest BCUT2D eigenvalue weighted by Crippen LogP contribution is -2.28.